The van der Waals surface area contributed by atoms with Gasteiger partial charge in [0.05, 0.1) is 12.2 Å². The predicted molar refractivity (Wildman–Crippen MR) is 55.1 cm³/mol. The van der Waals surface area contributed by atoms with Crippen molar-refractivity contribution in [1.29, 1.82) is 5.26 Å². The van der Waals surface area contributed by atoms with Crippen LogP contribution in [0.15, 0.2) is 24.4 Å². The van der Waals surface area contributed by atoms with Crippen molar-refractivity contribution in [3.63, 3.8) is 0 Å². The maximum atomic E-state index is 11.5. The molecule has 1 aliphatic heterocycles. The summed E-state index contributed by atoms with van der Waals surface area (Å²) in [6.07, 6.45) is 1.19. The number of amides is 1. The van der Waals surface area contributed by atoms with E-state index in [1.807, 2.05) is 24.3 Å². The smallest absolute Gasteiger partial charge is 0.411 e. The van der Waals surface area contributed by atoms with Gasteiger partial charge in [-0.05, 0) is 12.1 Å². The zero-order valence-electron chi connectivity index (χ0n) is 8.67. The maximum absolute atomic E-state index is 11.5. The van der Waals surface area contributed by atoms with E-state index in [2.05, 4.69) is 4.98 Å². The highest BCUT2D eigenvalue weighted by molar-refractivity contribution is 5.68. The van der Waals surface area contributed by atoms with Crippen LogP contribution in [0.1, 0.15) is 12.1 Å². The van der Waals surface area contributed by atoms with E-state index >= 15 is 0 Å². The number of nitrogens with zero attached hydrogens (tertiary/aromatic N) is 3. The maximum Gasteiger partial charge on any atom is 0.411 e. The highest BCUT2D eigenvalue weighted by Gasteiger charge is 2.26. The summed E-state index contributed by atoms with van der Waals surface area (Å²) in [7, 11) is 0. The lowest BCUT2D eigenvalue weighted by molar-refractivity contribution is 0.0444. The second kappa shape index (κ2) is 4.62. The molecule has 1 fully saturated rings. The van der Waals surface area contributed by atoms with E-state index < -0.39 is 12.2 Å². The van der Waals surface area contributed by atoms with Gasteiger partial charge in [0.1, 0.15) is 6.07 Å². The van der Waals surface area contributed by atoms with Gasteiger partial charge in [-0.15, -0.1) is 0 Å². The average Bonchev–Trinajstić information content (AvgIpc) is 2.33. The molecule has 0 spiro atoms. The van der Waals surface area contributed by atoms with Crippen LogP contribution in [-0.2, 0) is 11.3 Å². The number of aromatic nitrogens is 1. The number of pyridine rings is 1. The number of carbonyl (C=O) groups excluding carboxylic acids is 1. The van der Waals surface area contributed by atoms with Crippen molar-refractivity contribution in [1.82, 2.24) is 9.88 Å². The molecule has 16 heavy (non-hydrogen) atoms. The first kappa shape index (κ1) is 10.4. The summed E-state index contributed by atoms with van der Waals surface area (Å²) in [5.41, 5.74) is 0.815. The van der Waals surface area contributed by atoms with Crippen molar-refractivity contribution in [3.8, 4) is 6.07 Å². The molecule has 2 rings (SSSR count). The Kier molecular flexibility index (Phi) is 3.01. The van der Waals surface area contributed by atoms with Gasteiger partial charge in [-0.3, -0.25) is 4.98 Å². The van der Waals surface area contributed by atoms with E-state index in [9.17, 15) is 4.79 Å². The van der Waals surface area contributed by atoms with Crippen molar-refractivity contribution in [3.05, 3.63) is 30.1 Å². The van der Waals surface area contributed by atoms with Crippen LogP contribution in [0, 0.1) is 11.3 Å². The van der Waals surface area contributed by atoms with Crippen LogP contribution in [0.4, 0.5) is 4.79 Å². The minimum absolute atomic E-state index is 0.428. The molecule has 0 saturated carbocycles. The summed E-state index contributed by atoms with van der Waals surface area (Å²) in [4.78, 5) is 17.2. The third-order valence-electron chi connectivity index (χ3n) is 2.39. The van der Waals surface area contributed by atoms with Gasteiger partial charge >= 0.3 is 6.09 Å². The third kappa shape index (κ3) is 2.28. The normalized spacial score (nSPS) is 20.1. The number of rotatable bonds is 2. The van der Waals surface area contributed by atoms with E-state index in [4.69, 9.17) is 10.00 Å². The summed E-state index contributed by atoms with van der Waals surface area (Å²) >= 11 is 0. The molecule has 2 heterocycles. The van der Waals surface area contributed by atoms with E-state index in [-0.39, 0.29) is 0 Å². The van der Waals surface area contributed by atoms with Crippen molar-refractivity contribution < 1.29 is 9.53 Å². The number of carbonyl (C=O) groups is 1. The Morgan fingerprint density at radius 1 is 1.62 bits per heavy atom. The lowest BCUT2D eigenvalue weighted by Gasteiger charge is -2.28. The Morgan fingerprint density at radius 3 is 3.12 bits per heavy atom. The Labute approximate surface area is 93.3 Å². The van der Waals surface area contributed by atoms with Crippen molar-refractivity contribution in [2.75, 3.05) is 6.54 Å². The molecule has 0 aromatic carbocycles. The first-order valence-corrected chi connectivity index (χ1v) is 5.04. The topological polar surface area (TPSA) is 66.2 Å². The van der Waals surface area contributed by atoms with Gasteiger partial charge in [-0.2, -0.15) is 5.26 Å². The van der Waals surface area contributed by atoms with Gasteiger partial charge in [0.15, 0.2) is 6.10 Å². The van der Waals surface area contributed by atoms with E-state index in [0.717, 1.165) is 5.69 Å². The molecule has 1 amide bonds. The fourth-order valence-electron chi connectivity index (χ4n) is 1.54. The van der Waals surface area contributed by atoms with Crippen molar-refractivity contribution in [2.24, 2.45) is 0 Å². The summed E-state index contributed by atoms with van der Waals surface area (Å²) < 4.78 is 4.92. The predicted octanol–water partition coefficient (Wildman–Crippen LogP) is 1.32. The summed E-state index contributed by atoms with van der Waals surface area (Å²) in [5, 5.41) is 8.63. The van der Waals surface area contributed by atoms with Crippen LogP contribution >= 0.6 is 0 Å². The molecule has 0 N–H and O–H groups in total. The Balaban J connectivity index is 1.98. The van der Waals surface area contributed by atoms with Crippen LogP contribution < -0.4 is 0 Å². The Morgan fingerprint density at radius 2 is 2.50 bits per heavy atom. The summed E-state index contributed by atoms with van der Waals surface area (Å²) in [5.74, 6) is 0. The SMILES string of the molecule is N#CC1CCN(Cc2ccccn2)C(=O)O1. The first-order valence-electron chi connectivity index (χ1n) is 5.04. The van der Waals surface area contributed by atoms with Crippen molar-refractivity contribution in [2.45, 2.75) is 19.1 Å². The van der Waals surface area contributed by atoms with Crippen LogP contribution in [0.3, 0.4) is 0 Å². The van der Waals surface area contributed by atoms with Gasteiger partial charge in [-0.25, -0.2) is 4.79 Å². The van der Waals surface area contributed by atoms with Gasteiger partial charge in [0, 0.05) is 19.2 Å². The molecule has 5 nitrogen and oxygen atoms in total. The minimum Gasteiger partial charge on any atom is -0.431 e. The Hall–Kier alpha value is -2.09. The first-order chi connectivity index (χ1) is 7.79. The zero-order chi connectivity index (χ0) is 11.4. The molecule has 5 heteroatoms. The van der Waals surface area contributed by atoms with Crippen LogP contribution in [-0.4, -0.2) is 28.6 Å². The molecule has 82 valence electrons. The quantitative estimate of drug-likeness (QED) is 0.749. The number of ether oxygens (including phenoxy) is 1. The lowest BCUT2D eigenvalue weighted by Crippen LogP contribution is -2.41. The van der Waals surface area contributed by atoms with Crippen LogP contribution in [0.2, 0.25) is 0 Å². The van der Waals surface area contributed by atoms with Crippen LogP contribution in [0.25, 0.3) is 0 Å². The molecular weight excluding hydrogens is 206 g/mol. The fraction of sp³-hybridized carbons (Fsp3) is 0.364. The minimum atomic E-state index is -0.604. The van der Waals surface area contributed by atoms with Gasteiger partial charge in [0.2, 0.25) is 0 Å². The van der Waals surface area contributed by atoms with E-state index in [1.54, 1.807) is 11.1 Å². The number of cyclic esters (lactones) is 1. The van der Waals surface area contributed by atoms with Gasteiger partial charge in [0.25, 0.3) is 0 Å². The monoisotopic (exact) mass is 217 g/mol. The second-order valence-corrected chi connectivity index (χ2v) is 3.53. The number of nitriles is 1. The largest absolute Gasteiger partial charge is 0.431 e. The van der Waals surface area contributed by atoms with E-state index in [1.165, 1.54) is 0 Å². The summed E-state index contributed by atoms with van der Waals surface area (Å²) in [6.45, 7) is 0.964. The zero-order valence-corrected chi connectivity index (χ0v) is 8.67. The molecule has 0 aliphatic carbocycles. The van der Waals surface area contributed by atoms with Gasteiger partial charge < -0.3 is 9.64 Å². The highest BCUT2D eigenvalue weighted by Crippen LogP contribution is 2.13. The second-order valence-electron chi connectivity index (χ2n) is 3.53. The highest BCUT2D eigenvalue weighted by atomic mass is 16.6. The molecule has 1 unspecified atom stereocenters. The molecule has 1 saturated heterocycles. The molecule has 1 atom stereocenters. The number of hydrogen-bond acceptors (Lipinski definition) is 4. The standard InChI is InChI=1S/C11H11N3O2/c12-7-10-4-6-14(11(15)16-10)8-9-3-1-2-5-13-9/h1-3,5,10H,4,6,8H2. The third-order valence-corrected chi connectivity index (χ3v) is 2.39. The number of hydrogen-bond donors (Lipinski definition) is 0. The molecule has 0 bridgehead atoms. The molecular formula is C11H11N3O2. The lowest BCUT2D eigenvalue weighted by atomic mass is 10.2. The molecule has 1 aliphatic rings. The fourth-order valence-corrected chi connectivity index (χ4v) is 1.54. The van der Waals surface area contributed by atoms with Gasteiger partial charge in [-0.1, -0.05) is 6.07 Å². The average molecular weight is 217 g/mol. The van der Waals surface area contributed by atoms with E-state index in [0.29, 0.717) is 19.5 Å². The molecule has 1 aromatic rings. The molecule has 0 radical (unpaired) electrons. The van der Waals surface area contributed by atoms with Crippen LogP contribution in [0.5, 0.6) is 0 Å². The summed E-state index contributed by atoms with van der Waals surface area (Å²) in [6, 6.07) is 7.48. The Bertz CT molecular complexity index is 413. The molecule has 1 aromatic heterocycles. The van der Waals surface area contributed by atoms with Crippen molar-refractivity contribution >= 4 is 6.09 Å².